The lowest BCUT2D eigenvalue weighted by Crippen LogP contribution is -2.47. The van der Waals surface area contributed by atoms with Crippen LogP contribution in [0.15, 0.2) is 46.3 Å². The van der Waals surface area contributed by atoms with Gasteiger partial charge < -0.3 is 19.9 Å². The number of fused-ring (bicyclic) bond motifs is 1. The van der Waals surface area contributed by atoms with Gasteiger partial charge in [0, 0.05) is 43.6 Å². The number of hydrogen-bond acceptors (Lipinski definition) is 9. The number of nitrogens with zero attached hydrogens (tertiary/aromatic N) is 2. The largest absolute Gasteiger partial charge is 0.491 e. The van der Waals surface area contributed by atoms with Gasteiger partial charge in [0.25, 0.3) is 0 Å². The Hall–Kier alpha value is -2.13. The van der Waals surface area contributed by atoms with Crippen molar-refractivity contribution in [1.29, 1.82) is 0 Å². The van der Waals surface area contributed by atoms with Gasteiger partial charge in [-0.1, -0.05) is 6.07 Å². The number of piperidine rings is 1. The van der Waals surface area contributed by atoms with Crippen molar-refractivity contribution in [2.24, 2.45) is 0 Å². The maximum absolute atomic E-state index is 13.3. The number of aryl methyl sites for hydroxylation is 2. The normalized spacial score (nSPS) is 22.2. The number of ether oxygens (including phenoxy) is 2. The van der Waals surface area contributed by atoms with Crippen LogP contribution in [-0.2, 0) is 37.6 Å². The first-order valence-electron chi connectivity index (χ1n) is 13.8. The van der Waals surface area contributed by atoms with Crippen LogP contribution < -0.4 is 14.8 Å². The number of rotatable bonds is 10. The highest BCUT2D eigenvalue weighted by Crippen LogP contribution is 2.37. The van der Waals surface area contributed by atoms with E-state index in [0.717, 1.165) is 43.4 Å². The summed E-state index contributed by atoms with van der Waals surface area (Å²) in [5.41, 5.74) is 1.70. The SMILES string of the molecule is CNS(=O)(=O)c1cccc(OCC(O)CNC2COC3(CCN(S(=O)(=O)c4cnc5c(c4)CCCC5)CC3)C2)c1. The second kappa shape index (κ2) is 12.0. The minimum absolute atomic E-state index is 0.000848. The molecule has 0 saturated carbocycles. The summed E-state index contributed by atoms with van der Waals surface area (Å²) in [6, 6.07) is 7.94. The minimum atomic E-state index is -3.60. The Morgan fingerprint density at radius 2 is 1.93 bits per heavy atom. The molecule has 5 rings (SSSR count). The van der Waals surface area contributed by atoms with Gasteiger partial charge in [0.2, 0.25) is 20.0 Å². The molecule has 13 heteroatoms. The second-order valence-corrected chi connectivity index (χ2v) is 14.7. The molecule has 2 fully saturated rings. The first-order chi connectivity index (χ1) is 19.1. The van der Waals surface area contributed by atoms with E-state index in [9.17, 15) is 21.9 Å². The number of benzene rings is 1. The third-order valence-electron chi connectivity index (χ3n) is 8.09. The molecule has 0 amide bonds. The molecule has 2 unspecified atom stereocenters. The van der Waals surface area contributed by atoms with Crippen LogP contribution in [0.2, 0.25) is 0 Å². The Morgan fingerprint density at radius 3 is 2.70 bits per heavy atom. The Labute approximate surface area is 236 Å². The molecule has 2 aromatic rings. The predicted molar refractivity (Wildman–Crippen MR) is 148 cm³/mol. The summed E-state index contributed by atoms with van der Waals surface area (Å²) in [6.45, 7) is 1.55. The summed E-state index contributed by atoms with van der Waals surface area (Å²) < 4.78 is 66.2. The number of pyridine rings is 1. The standard InChI is InChI=1S/C27H38N4O7S2/c1-28-39(33,34)24-7-4-6-23(14-24)37-19-22(32)16-29-21-15-27(38-18-21)9-11-31(12-10-27)40(35,36)25-13-20-5-2-3-8-26(20)30-17-25/h4,6-7,13-14,17,21-22,28-29,32H,2-3,5,8-12,15-16,18-19H2,1H3. The average molecular weight is 595 g/mol. The lowest BCUT2D eigenvalue weighted by molar-refractivity contribution is -0.0312. The van der Waals surface area contributed by atoms with E-state index in [1.807, 2.05) is 6.07 Å². The number of aliphatic hydroxyl groups is 1. The smallest absolute Gasteiger partial charge is 0.244 e. The quantitative estimate of drug-likeness (QED) is 0.369. The van der Waals surface area contributed by atoms with Crippen LogP contribution >= 0.6 is 0 Å². The fourth-order valence-electron chi connectivity index (χ4n) is 5.72. The van der Waals surface area contributed by atoms with Crippen LogP contribution in [0.1, 0.15) is 43.4 Å². The zero-order valence-corrected chi connectivity index (χ0v) is 24.3. The lowest BCUT2D eigenvalue weighted by atomic mass is 9.88. The molecular formula is C27H38N4O7S2. The first kappa shape index (κ1) is 29.4. The summed E-state index contributed by atoms with van der Waals surface area (Å²) >= 11 is 0. The van der Waals surface area contributed by atoms with Crippen molar-refractivity contribution in [2.75, 3.05) is 39.9 Å². The van der Waals surface area contributed by atoms with Crippen molar-refractivity contribution in [3.05, 3.63) is 47.8 Å². The minimum Gasteiger partial charge on any atom is -0.491 e. The summed E-state index contributed by atoms with van der Waals surface area (Å²) in [7, 11) is -5.84. The highest BCUT2D eigenvalue weighted by molar-refractivity contribution is 7.89. The van der Waals surface area contributed by atoms with Gasteiger partial charge >= 0.3 is 0 Å². The molecule has 2 atom stereocenters. The summed E-state index contributed by atoms with van der Waals surface area (Å²) in [5.74, 6) is 0.353. The molecular weight excluding hydrogens is 556 g/mol. The van der Waals surface area contributed by atoms with Gasteiger partial charge in [0.15, 0.2) is 0 Å². The molecule has 3 N–H and O–H groups in total. The number of nitrogens with one attached hydrogen (secondary N) is 2. The molecule has 1 aromatic heterocycles. The predicted octanol–water partition coefficient (Wildman–Crippen LogP) is 1.21. The van der Waals surface area contributed by atoms with Crippen LogP contribution in [0, 0.1) is 0 Å². The van der Waals surface area contributed by atoms with Gasteiger partial charge in [0.1, 0.15) is 23.4 Å². The van der Waals surface area contributed by atoms with Crippen LogP contribution in [0.3, 0.4) is 0 Å². The van der Waals surface area contributed by atoms with Crippen LogP contribution in [0.5, 0.6) is 5.75 Å². The first-order valence-corrected chi connectivity index (χ1v) is 16.7. The van der Waals surface area contributed by atoms with E-state index >= 15 is 0 Å². The number of aliphatic hydroxyl groups excluding tert-OH is 1. The Morgan fingerprint density at radius 1 is 1.15 bits per heavy atom. The number of hydrogen-bond donors (Lipinski definition) is 3. The Kier molecular flexibility index (Phi) is 8.81. The molecule has 2 saturated heterocycles. The molecule has 1 aliphatic carbocycles. The van der Waals surface area contributed by atoms with Crippen LogP contribution in [0.25, 0.3) is 0 Å². The van der Waals surface area contributed by atoms with Crippen molar-refractivity contribution in [3.8, 4) is 5.75 Å². The molecule has 1 aromatic carbocycles. The molecule has 40 heavy (non-hydrogen) atoms. The zero-order valence-electron chi connectivity index (χ0n) is 22.7. The van der Waals surface area contributed by atoms with Gasteiger partial charge in [0.05, 0.1) is 17.1 Å². The molecule has 3 heterocycles. The second-order valence-electron chi connectivity index (χ2n) is 10.8. The molecule has 1 spiro atoms. The number of sulfonamides is 2. The van der Waals surface area contributed by atoms with E-state index in [4.69, 9.17) is 9.47 Å². The molecule has 3 aliphatic rings. The maximum atomic E-state index is 13.3. The van der Waals surface area contributed by atoms with Gasteiger partial charge in [-0.3, -0.25) is 4.98 Å². The van der Waals surface area contributed by atoms with Gasteiger partial charge in [-0.2, -0.15) is 4.31 Å². The molecule has 220 valence electrons. The highest BCUT2D eigenvalue weighted by Gasteiger charge is 2.44. The van der Waals surface area contributed by atoms with Crippen molar-refractivity contribution < 1.29 is 31.4 Å². The summed E-state index contributed by atoms with van der Waals surface area (Å²) in [5, 5.41) is 13.7. The van der Waals surface area contributed by atoms with Gasteiger partial charge in [-0.15, -0.1) is 0 Å². The van der Waals surface area contributed by atoms with E-state index in [-0.39, 0.29) is 34.6 Å². The molecule has 0 bridgehead atoms. The van der Waals surface area contributed by atoms with Gasteiger partial charge in [-0.25, -0.2) is 21.6 Å². The summed E-state index contributed by atoms with van der Waals surface area (Å²) in [6.07, 6.45) is 6.62. The van der Waals surface area contributed by atoms with E-state index in [0.29, 0.717) is 38.3 Å². The van der Waals surface area contributed by atoms with Crippen LogP contribution in [0.4, 0.5) is 0 Å². The Bertz CT molecular complexity index is 1410. The fraction of sp³-hybridized carbons (Fsp3) is 0.593. The maximum Gasteiger partial charge on any atom is 0.244 e. The van der Waals surface area contributed by atoms with Crippen molar-refractivity contribution in [1.82, 2.24) is 19.3 Å². The third kappa shape index (κ3) is 6.51. The van der Waals surface area contributed by atoms with Crippen molar-refractivity contribution in [2.45, 2.75) is 72.5 Å². The number of aromatic nitrogens is 1. The highest BCUT2D eigenvalue weighted by atomic mass is 32.2. The van der Waals surface area contributed by atoms with E-state index in [2.05, 4.69) is 15.0 Å². The van der Waals surface area contributed by atoms with Crippen molar-refractivity contribution in [3.63, 3.8) is 0 Å². The topological polar surface area (TPSA) is 147 Å². The molecule has 11 nitrogen and oxygen atoms in total. The average Bonchev–Trinajstić information content (AvgIpc) is 3.37. The van der Waals surface area contributed by atoms with E-state index < -0.39 is 26.2 Å². The monoisotopic (exact) mass is 594 g/mol. The zero-order chi connectivity index (χ0) is 28.4. The molecule has 2 aliphatic heterocycles. The van der Waals surface area contributed by atoms with Crippen molar-refractivity contribution >= 4 is 20.0 Å². The van der Waals surface area contributed by atoms with E-state index in [1.165, 1.54) is 25.4 Å². The van der Waals surface area contributed by atoms with Crippen LogP contribution in [-0.4, -0.2) is 88.9 Å². The Balaban J connectivity index is 1.08. The van der Waals surface area contributed by atoms with E-state index in [1.54, 1.807) is 16.4 Å². The fourth-order valence-corrected chi connectivity index (χ4v) is 7.92. The lowest BCUT2D eigenvalue weighted by Gasteiger charge is -2.38. The summed E-state index contributed by atoms with van der Waals surface area (Å²) in [4.78, 5) is 4.82. The molecule has 0 radical (unpaired) electrons. The third-order valence-corrected chi connectivity index (χ3v) is 11.4. The van der Waals surface area contributed by atoms with Gasteiger partial charge in [-0.05, 0) is 75.8 Å².